The van der Waals surface area contributed by atoms with E-state index in [9.17, 15) is 0 Å². The van der Waals surface area contributed by atoms with Crippen LogP contribution >= 0.6 is 0 Å². The largest absolute Gasteiger partial charge is 0.492 e. The summed E-state index contributed by atoms with van der Waals surface area (Å²) in [6.45, 7) is 5.37. The molecule has 0 spiro atoms. The van der Waals surface area contributed by atoms with Crippen molar-refractivity contribution in [3.63, 3.8) is 0 Å². The zero-order valence-electron chi connectivity index (χ0n) is 11.7. The van der Waals surface area contributed by atoms with Crippen LogP contribution in [0.2, 0.25) is 0 Å². The van der Waals surface area contributed by atoms with E-state index >= 15 is 0 Å². The van der Waals surface area contributed by atoms with Gasteiger partial charge >= 0.3 is 0 Å². The molecule has 0 aromatic heterocycles. The van der Waals surface area contributed by atoms with Gasteiger partial charge in [0.15, 0.2) is 0 Å². The maximum absolute atomic E-state index is 6.47. The SMILES string of the molecule is CCCC1CCN(C2COc3ccccc3C2N)C1. The summed E-state index contributed by atoms with van der Waals surface area (Å²) in [7, 11) is 0. The number of hydrogen-bond donors (Lipinski definition) is 1. The summed E-state index contributed by atoms with van der Waals surface area (Å²) >= 11 is 0. The molecule has 3 nitrogen and oxygen atoms in total. The number of nitrogens with zero attached hydrogens (tertiary/aromatic N) is 1. The highest BCUT2D eigenvalue weighted by Gasteiger charge is 2.35. The van der Waals surface area contributed by atoms with Gasteiger partial charge in [-0.05, 0) is 31.4 Å². The Kier molecular flexibility index (Phi) is 3.76. The van der Waals surface area contributed by atoms with Crippen molar-refractivity contribution in [1.82, 2.24) is 4.90 Å². The molecule has 2 aliphatic heterocycles. The van der Waals surface area contributed by atoms with Crippen LogP contribution in [0.25, 0.3) is 0 Å². The van der Waals surface area contributed by atoms with Gasteiger partial charge in [-0.25, -0.2) is 0 Å². The molecule has 1 fully saturated rings. The molecule has 104 valence electrons. The third-order valence-electron chi connectivity index (χ3n) is 4.59. The molecule has 3 heteroatoms. The summed E-state index contributed by atoms with van der Waals surface area (Å²) in [5.41, 5.74) is 7.63. The fourth-order valence-electron chi connectivity index (χ4n) is 3.51. The Morgan fingerprint density at radius 2 is 2.21 bits per heavy atom. The van der Waals surface area contributed by atoms with E-state index in [1.54, 1.807) is 0 Å². The second-order valence-electron chi connectivity index (χ2n) is 5.88. The van der Waals surface area contributed by atoms with Crippen LogP contribution in [0.15, 0.2) is 24.3 Å². The quantitative estimate of drug-likeness (QED) is 0.907. The van der Waals surface area contributed by atoms with Crippen LogP contribution < -0.4 is 10.5 Å². The average Bonchev–Trinajstić information content (AvgIpc) is 2.88. The Morgan fingerprint density at radius 1 is 1.37 bits per heavy atom. The van der Waals surface area contributed by atoms with Crippen LogP contribution in [-0.2, 0) is 0 Å². The number of likely N-dealkylation sites (tertiary alicyclic amines) is 1. The lowest BCUT2D eigenvalue weighted by Crippen LogP contribution is -2.47. The molecule has 2 heterocycles. The predicted molar refractivity (Wildman–Crippen MR) is 77.2 cm³/mol. The molecular formula is C16H24N2O. The molecule has 0 radical (unpaired) electrons. The molecule has 0 bridgehead atoms. The first-order valence-electron chi connectivity index (χ1n) is 7.51. The lowest BCUT2D eigenvalue weighted by atomic mass is 9.96. The van der Waals surface area contributed by atoms with Crippen molar-refractivity contribution < 1.29 is 4.74 Å². The van der Waals surface area contributed by atoms with Gasteiger partial charge in [0.25, 0.3) is 0 Å². The highest BCUT2D eigenvalue weighted by atomic mass is 16.5. The van der Waals surface area contributed by atoms with Crippen LogP contribution in [0.1, 0.15) is 37.8 Å². The lowest BCUT2D eigenvalue weighted by molar-refractivity contribution is 0.114. The summed E-state index contributed by atoms with van der Waals surface area (Å²) in [5.74, 6) is 1.82. The highest BCUT2D eigenvalue weighted by Crippen LogP contribution is 2.34. The number of para-hydroxylation sites is 1. The molecule has 2 aliphatic rings. The van der Waals surface area contributed by atoms with Gasteiger partial charge in [-0.3, -0.25) is 4.90 Å². The Labute approximate surface area is 115 Å². The molecule has 3 unspecified atom stereocenters. The van der Waals surface area contributed by atoms with E-state index in [-0.39, 0.29) is 6.04 Å². The first kappa shape index (κ1) is 12.9. The van der Waals surface area contributed by atoms with E-state index in [2.05, 4.69) is 17.9 Å². The van der Waals surface area contributed by atoms with Crippen molar-refractivity contribution in [1.29, 1.82) is 0 Å². The predicted octanol–water partition coefficient (Wildman–Crippen LogP) is 2.57. The minimum Gasteiger partial charge on any atom is -0.492 e. The van der Waals surface area contributed by atoms with E-state index in [4.69, 9.17) is 10.5 Å². The number of nitrogens with two attached hydrogens (primary N) is 1. The number of benzene rings is 1. The monoisotopic (exact) mass is 260 g/mol. The molecule has 19 heavy (non-hydrogen) atoms. The Morgan fingerprint density at radius 3 is 3.05 bits per heavy atom. The molecule has 0 saturated carbocycles. The van der Waals surface area contributed by atoms with Gasteiger partial charge in [0.05, 0.1) is 12.1 Å². The van der Waals surface area contributed by atoms with E-state index in [0.29, 0.717) is 6.04 Å². The third-order valence-corrected chi connectivity index (χ3v) is 4.59. The normalized spacial score (nSPS) is 30.9. The first-order chi connectivity index (χ1) is 9.29. The Balaban J connectivity index is 1.71. The summed E-state index contributed by atoms with van der Waals surface area (Å²) in [6.07, 6.45) is 3.95. The molecule has 3 atom stereocenters. The molecule has 1 saturated heterocycles. The van der Waals surface area contributed by atoms with Gasteiger partial charge in [0.2, 0.25) is 0 Å². The molecule has 1 aromatic carbocycles. The molecule has 3 rings (SSSR count). The van der Waals surface area contributed by atoms with Crippen molar-refractivity contribution >= 4 is 0 Å². The van der Waals surface area contributed by atoms with Crippen LogP contribution in [0.5, 0.6) is 5.75 Å². The second-order valence-corrected chi connectivity index (χ2v) is 5.88. The molecule has 0 amide bonds. The molecule has 0 aliphatic carbocycles. The topological polar surface area (TPSA) is 38.5 Å². The van der Waals surface area contributed by atoms with Gasteiger partial charge < -0.3 is 10.5 Å². The van der Waals surface area contributed by atoms with E-state index in [0.717, 1.165) is 23.8 Å². The minimum atomic E-state index is 0.0883. The summed E-state index contributed by atoms with van der Waals surface area (Å²) in [4.78, 5) is 2.54. The van der Waals surface area contributed by atoms with E-state index in [1.165, 1.54) is 32.4 Å². The maximum atomic E-state index is 6.47. The average molecular weight is 260 g/mol. The standard InChI is InChI=1S/C16H24N2O/c1-2-5-12-8-9-18(10-12)14-11-19-15-7-4-3-6-13(15)16(14)17/h3-4,6-7,12,14,16H,2,5,8-11,17H2,1H3. The van der Waals surface area contributed by atoms with Crippen LogP contribution in [0.3, 0.4) is 0 Å². The fourth-order valence-corrected chi connectivity index (χ4v) is 3.51. The van der Waals surface area contributed by atoms with Crippen molar-refractivity contribution in [2.24, 2.45) is 11.7 Å². The van der Waals surface area contributed by atoms with E-state index < -0.39 is 0 Å². The summed E-state index contributed by atoms with van der Waals surface area (Å²) in [6, 6.07) is 8.62. The van der Waals surface area contributed by atoms with Crippen LogP contribution in [0, 0.1) is 5.92 Å². The van der Waals surface area contributed by atoms with E-state index in [1.807, 2.05) is 18.2 Å². The molecule has 2 N–H and O–H groups in total. The van der Waals surface area contributed by atoms with Crippen molar-refractivity contribution in [2.75, 3.05) is 19.7 Å². The van der Waals surface area contributed by atoms with Gasteiger partial charge in [0.1, 0.15) is 12.4 Å². The molecular weight excluding hydrogens is 236 g/mol. The Bertz CT molecular complexity index is 435. The van der Waals surface area contributed by atoms with Crippen molar-refractivity contribution in [3.05, 3.63) is 29.8 Å². The minimum absolute atomic E-state index is 0.0883. The maximum Gasteiger partial charge on any atom is 0.124 e. The van der Waals surface area contributed by atoms with Gasteiger partial charge in [-0.1, -0.05) is 31.5 Å². The van der Waals surface area contributed by atoms with Gasteiger partial charge in [-0.2, -0.15) is 0 Å². The first-order valence-corrected chi connectivity index (χ1v) is 7.51. The molecule has 1 aromatic rings. The fraction of sp³-hybridized carbons (Fsp3) is 0.625. The number of hydrogen-bond acceptors (Lipinski definition) is 3. The van der Waals surface area contributed by atoms with Gasteiger partial charge in [-0.15, -0.1) is 0 Å². The number of rotatable bonds is 3. The smallest absolute Gasteiger partial charge is 0.124 e. The number of fused-ring (bicyclic) bond motifs is 1. The summed E-state index contributed by atoms with van der Waals surface area (Å²) < 4.78 is 5.89. The highest BCUT2D eigenvalue weighted by molar-refractivity contribution is 5.38. The third kappa shape index (κ3) is 2.49. The van der Waals surface area contributed by atoms with Crippen LogP contribution in [0.4, 0.5) is 0 Å². The zero-order chi connectivity index (χ0) is 13.2. The lowest BCUT2D eigenvalue weighted by Gasteiger charge is -2.37. The Hall–Kier alpha value is -1.06. The second kappa shape index (κ2) is 5.51. The van der Waals surface area contributed by atoms with Crippen molar-refractivity contribution in [3.8, 4) is 5.75 Å². The number of ether oxygens (including phenoxy) is 1. The van der Waals surface area contributed by atoms with Gasteiger partial charge in [0, 0.05) is 12.1 Å². The zero-order valence-corrected chi connectivity index (χ0v) is 11.7. The van der Waals surface area contributed by atoms with Crippen LogP contribution in [-0.4, -0.2) is 30.6 Å². The summed E-state index contributed by atoms with van der Waals surface area (Å²) in [5, 5.41) is 0. The van der Waals surface area contributed by atoms with Crippen molar-refractivity contribution in [2.45, 2.75) is 38.3 Å².